The lowest BCUT2D eigenvalue weighted by Gasteiger charge is -2.12. The number of amides is 3. The third-order valence-electron chi connectivity index (χ3n) is 4.99. The summed E-state index contributed by atoms with van der Waals surface area (Å²) >= 11 is 0. The first-order chi connectivity index (χ1) is 15.1. The highest BCUT2D eigenvalue weighted by Crippen LogP contribution is 2.24. The van der Waals surface area contributed by atoms with Crippen LogP contribution in [0.15, 0.2) is 55.1 Å². The van der Waals surface area contributed by atoms with Gasteiger partial charge in [0.05, 0.1) is 17.7 Å². The molecule has 0 saturated carbocycles. The van der Waals surface area contributed by atoms with Gasteiger partial charge in [-0.15, -0.1) is 0 Å². The molecule has 1 aromatic heterocycles. The molecular weight excluding hydrogens is 398 g/mol. The number of nitrogens with zero attached hydrogens (tertiary/aromatic N) is 4. The van der Waals surface area contributed by atoms with Crippen LogP contribution in [0.1, 0.15) is 43.1 Å². The Bertz CT molecular complexity index is 1110. The molecule has 4 rings (SSSR count). The Hall–Kier alpha value is -3.85. The van der Waals surface area contributed by atoms with Gasteiger partial charge in [0.25, 0.3) is 17.7 Å². The first-order valence-electron chi connectivity index (χ1n) is 9.78. The number of methoxy groups -OCH3 is 1. The SMILES string of the molecule is COCCCN1C(=O)c2ccc(C(=O)Nc3ccc(Cn4cncn4)cc3)cc2C1=O. The third-order valence-corrected chi connectivity index (χ3v) is 4.99. The van der Waals surface area contributed by atoms with E-state index in [9.17, 15) is 14.4 Å². The number of aromatic nitrogens is 3. The molecule has 0 atom stereocenters. The molecule has 1 aliphatic rings. The van der Waals surface area contributed by atoms with E-state index in [4.69, 9.17) is 4.74 Å². The van der Waals surface area contributed by atoms with Crippen LogP contribution >= 0.6 is 0 Å². The maximum atomic E-state index is 12.7. The summed E-state index contributed by atoms with van der Waals surface area (Å²) < 4.78 is 6.68. The Morgan fingerprint density at radius 1 is 1.06 bits per heavy atom. The molecule has 0 spiro atoms. The van der Waals surface area contributed by atoms with Crippen LogP contribution in [0.4, 0.5) is 5.69 Å². The van der Waals surface area contributed by atoms with Crippen LogP contribution < -0.4 is 5.32 Å². The standard InChI is InChI=1S/C22H21N5O4/c1-31-10-2-9-27-21(29)18-8-5-16(11-19(18)22(27)30)20(28)25-17-6-3-15(4-7-17)12-26-14-23-13-24-26/h3-8,11,13-14H,2,9-10,12H2,1H3,(H,25,28). The van der Waals surface area contributed by atoms with E-state index in [2.05, 4.69) is 15.4 Å². The van der Waals surface area contributed by atoms with E-state index in [-0.39, 0.29) is 29.8 Å². The minimum Gasteiger partial charge on any atom is -0.385 e. The average Bonchev–Trinajstić information content (AvgIpc) is 3.37. The normalized spacial score (nSPS) is 12.9. The molecule has 1 N–H and O–H groups in total. The van der Waals surface area contributed by atoms with Gasteiger partial charge in [-0.1, -0.05) is 12.1 Å². The summed E-state index contributed by atoms with van der Waals surface area (Å²) in [7, 11) is 1.57. The molecule has 9 nitrogen and oxygen atoms in total. The summed E-state index contributed by atoms with van der Waals surface area (Å²) in [5.74, 6) is -1.08. The Kier molecular flexibility index (Phi) is 5.85. The van der Waals surface area contributed by atoms with Gasteiger partial charge < -0.3 is 10.1 Å². The zero-order valence-corrected chi connectivity index (χ0v) is 16.9. The van der Waals surface area contributed by atoms with Gasteiger partial charge in [0.15, 0.2) is 0 Å². The fourth-order valence-electron chi connectivity index (χ4n) is 3.40. The quantitative estimate of drug-likeness (QED) is 0.443. The molecule has 0 radical (unpaired) electrons. The van der Waals surface area contributed by atoms with E-state index in [1.165, 1.54) is 23.4 Å². The van der Waals surface area contributed by atoms with E-state index in [1.807, 2.05) is 12.1 Å². The Morgan fingerprint density at radius 2 is 1.84 bits per heavy atom. The second kappa shape index (κ2) is 8.88. The lowest BCUT2D eigenvalue weighted by Crippen LogP contribution is -2.31. The highest BCUT2D eigenvalue weighted by molar-refractivity contribution is 6.22. The molecule has 3 amide bonds. The van der Waals surface area contributed by atoms with Crippen molar-refractivity contribution in [1.29, 1.82) is 0 Å². The number of carbonyl (C=O) groups is 3. The number of nitrogens with one attached hydrogen (secondary N) is 1. The van der Waals surface area contributed by atoms with Crippen LogP contribution in [-0.2, 0) is 11.3 Å². The largest absolute Gasteiger partial charge is 0.385 e. The van der Waals surface area contributed by atoms with Crippen molar-refractivity contribution < 1.29 is 19.1 Å². The number of carbonyl (C=O) groups excluding carboxylic acids is 3. The summed E-state index contributed by atoms with van der Waals surface area (Å²) in [6, 6.07) is 11.9. The highest BCUT2D eigenvalue weighted by Gasteiger charge is 2.35. The van der Waals surface area contributed by atoms with Gasteiger partial charge in [0, 0.05) is 31.5 Å². The zero-order valence-electron chi connectivity index (χ0n) is 16.9. The lowest BCUT2D eigenvalue weighted by atomic mass is 10.1. The van der Waals surface area contributed by atoms with Gasteiger partial charge in [-0.05, 0) is 42.3 Å². The van der Waals surface area contributed by atoms with Crippen LogP contribution in [0.5, 0.6) is 0 Å². The zero-order chi connectivity index (χ0) is 21.8. The number of imide groups is 1. The molecule has 3 aromatic rings. The topological polar surface area (TPSA) is 106 Å². The number of hydrogen-bond donors (Lipinski definition) is 1. The van der Waals surface area contributed by atoms with E-state index < -0.39 is 0 Å². The first-order valence-corrected chi connectivity index (χ1v) is 9.78. The number of ether oxygens (including phenoxy) is 1. The number of fused-ring (bicyclic) bond motifs is 1. The number of benzene rings is 2. The molecule has 0 unspecified atom stereocenters. The van der Waals surface area contributed by atoms with Crippen LogP contribution in [0.3, 0.4) is 0 Å². The molecule has 0 saturated heterocycles. The molecule has 0 aliphatic carbocycles. The van der Waals surface area contributed by atoms with Crippen molar-refractivity contribution >= 4 is 23.4 Å². The second-order valence-corrected chi connectivity index (χ2v) is 7.11. The third kappa shape index (κ3) is 4.36. The van der Waals surface area contributed by atoms with E-state index >= 15 is 0 Å². The summed E-state index contributed by atoms with van der Waals surface area (Å²) in [5, 5.41) is 6.88. The van der Waals surface area contributed by atoms with Crippen molar-refractivity contribution in [2.24, 2.45) is 0 Å². The number of rotatable bonds is 8. The summed E-state index contributed by atoms with van der Waals surface area (Å²) in [6.45, 7) is 1.32. The molecule has 31 heavy (non-hydrogen) atoms. The van der Waals surface area contributed by atoms with Crippen molar-refractivity contribution in [2.75, 3.05) is 25.6 Å². The predicted octanol–water partition coefficient (Wildman–Crippen LogP) is 2.21. The van der Waals surface area contributed by atoms with Crippen molar-refractivity contribution in [3.05, 3.63) is 77.4 Å². The van der Waals surface area contributed by atoms with Crippen molar-refractivity contribution in [3.8, 4) is 0 Å². The first kappa shape index (κ1) is 20.4. The molecule has 0 bridgehead atoms. The molecule has 0 fully saturated rings. The Morgan fingerprint density at radius 3 is 2.55 bits per heavy atom. The lowest BCUT2D eigenvalue weighted by molar-refractivity contribution is 0.0638. The second-order valence-electron chi connectivity index (χ2n) is 7.11. The Balaban J connectivity index is 1.43. The van der Waals surface area contributed by atoms with E-state index in [1.54, 1.807) is 36.3 Å². The molecule has 1 aliphatic heterocycles. The summed E-state index contributed by atoms with van der Waals surface area (Å²) in [4.78, 5) is 42.9. The number of anilines is 1. The van der Waals surface area contributed by atoms with Crippen LogP contribution in [0.25, 0.3) is 0 Å². The average molecular weight is 419 g/mol. The van der Waals surface area contributed by atoms with Crippen molar-refractivity contribution in [2.45, 2.75) is 13.0 Å². The minimum atomic E-state index is -0.386. The Labute approximate surface area is 178 Å². The molecule has 2 heterocycles. The minimum absolute atomic E-state index is 0.248. The summed E-state index contributed by atoms with van der Waals surface area (Å²) in [6.07, 6.45) is 3.67. The van der Waals surface area contributed by atoms with Gasteiger partial charge in [-0.2, -0.15) is 5.10 Å². The highest BCUT2D eigenvalue weighted by atomic mass is 16.5. The predicted molar refractivity (Wildman–Crippen MR) is 112 cm³/mol. The number of hydrogen-bond acceptors (Lipinski definition) is 6. The van der Waals surface area contributed by atoms with Crippen LogP contribution in [-0.4, -0.2) is 57.6 Å². The maximum Gasteiger partial charge on any atom is 0.261 e. The smallest absolute Gasteiger partial charge is 0.261 e. The molecule has 2 aromatic carbocycles. The van der Waals surface area contributed by atoms with E-state index in [0.717, 1.165) is 5.56 Å². The van der Waals surface area contributed by atoms with Crippen molar-refractivity contribution in [1.82, 2.24) is 19.7 Å². The van der Waals surface area contributed by atoms with Gasteiger partial charge in [-0.3, -0.25) is 19.3 Å². The molecular formula is C22H21N5O4. The fourth-order valence-corrected chi connectivity index (χ4v) is 3.40. The van der Waals surface area contributed by atoms with Gasteiger partial charge in [-0.25, -0.2) is 9.67 Å². The monoisotopic (exact) mass is 419 g/mol. The molecule has 158 valence electrons. The van der Waals surface area contributed by atoms with Crippen LogP contribution in [0.2, 0.25) is 0 Å². The van der Waals surface area contributed by atoms with Gasteiger partial charge >= 0.3 is 0 Å². The van der Waals surface area contributed by atoms with Gasteiger partial charge in [0.1, 0.15) is 12.7 Å². The van der Waals surface area contributed by atoms with Crippen LogP contribution in [0, 0.1) is 0 Å². The molecule has 9 heteroatoms. The van der Waals surface area contributed by atoms with E-state index in [0.29, 0.717) is 36.4 Å². The maximum absolute atomic E-state index is 12.7. The van der Waals surface area contributed by atoms with Gasteiger partial charge in [0.2, 0.25) is 0 Å². The summed E-state index contributed by atoms with van der Waals surface area (Å²) in [5.41, 5.74) is 2.51. The van der Waals surface area contributed by atoms with Crippen molar-refractivity contribution in [3.63, 3.8) is 0 Å². The fraction of sp³-hybridized carbons (Fsp3) is 0.227.